The lowest BCUT2D eigenvalue weighted by atomic mass is 10.1. The Hall–Kier alpha value is -3.15. The molecule has 0 bridgehead atoms. The number of aliphatic carboxylic acids is 1. The normalized spacial score (nSPS) is 11.3. The largest absolute Gasteiger partial charge is 0.478 e. The van der Waals surface area contributed by atoms with Crippen LogP contribution in [0.15, 0.2) is 48.5 Å². The van der Waals surface area contributed by atoms with Crippen LogP contribution in [-0.4, -0.2) is 15.6 Å². The SMILES string of the molecule is Cn1c(Oc2ccc(F)cc2F)c(/C=C/C(=O)O)c2ccccc21. The van der Waals surface area contributed by atoms with Crippen LogP contribution in [0.25, 0.3) is 17.0 Å². The predicted octanol–water partition coefficient (Wildman–Crippen LogP) is 4.35. The van der Waals surface area contributed by atoms with Gasteiger partial charge in [0.05, 0.1) is 5.52 Å². The van der Waals surface area contributed by atoms with E-state index in [2.05, 4.69) is 0 Å². The summed E-state index contributed by atoms with van der Waals surface area (Å²) in [6, 6.07) is 10.3. The molecule has 3 rings (SSSR count). The Balaban J connectivity index is 2.17. The highest BCUT2D eigenvalue weighted by Gasteiger charge is 2.17. The van der Waals surface area contributed by atoms with Crippen molar-refractivity contribution in [2.45, 2.75) is 0 Å². The standard InChI is InChI=1S/C18H13F2NO3/c1-21-15-5-3-2-4-12(15)13(7-9-17(22)23)18(21)24-16-8-6-11(19)10-14(16)20/h2-10H,1H3,(H,22,23)/b9-7+. The van der Waals surface area contributed by atoms with Crippen molar-refractivity contribution in [1.82, 2.24) is 4.57 Å². The van der Waals surface area contributed by atoms with Crippen LogP contribution in [0.5, 0.6) is 11.6 Å². The van der Waals surface area contributed by atoms with Crippen molar-refractivity contribution in [2.75, 3.05) is 0 Å². The van der Waals surface area contributed by atoms with E-state index in [0.29, 0.717) is 5.56 Å². The van der Waals surface area contributed by atoms with Gasteiger partial charge in [-0.15, -0.1) is 0 Å². The van der Waals surface area contributed by atoms with Crippen LogP contribution in [0.3, 0.4) is 0 Å². The van der Waals surface area contributed by atoms with Gasteiger partial charge in [0.1, 0.15) is 5.82 Å². The molecule has 1 heterocycles. The van der Waals surface area contributed by atoms with E-state index in [0.717, 1.165) is 29.1 Å². The lowest BCUT2D eigenvalue weighted by Crippen LogP contribution is -1.97. The molecule has 0 saturated carbocycles. The predicted molar refractivity (Wildman–Crippen MR) is 86.0 cm³/mol. The van der Waals surface area contributed by atoms with Gasteiger partial charge in [-0.3, -0.25) is 0 Å². The van der Waals surface area contributed by atoms with Crippen molar-refractivity contribution < 1.29 is 23.4 Å². The molecule has 0 fully saturated rings. The molecule has 0 aliphatic heterocycles. The molecule has 0 aliphatic rings. The molecular weight excluding hydrogens is 316 g/mol. The third kappa shape index (κ3) is 2.86. The molecule has 6 heteroatoms. The first-order chi connectivity index (χ1) is 11.5. The molecule has 0 radical (unpaired) electrons. The summed E-state index contributed by atoms with van der Waals surface area (Å²) >= 11 is 0. The van der Waals surface area contributed by atoms with Crippen molar-refractivity contribution in [3.63, 3.8) is 0 Å². The van der Waals surface area contributed by atoms with E-state index in [1.54, 1.807) is 11.6 Å². The highest BCUT2D eigenvalue weighted by atomic mass is 19.1. The van der Waals surface area contributed by atoms with Crippen LogP contribution in [-0.2, 0) is 11.8 Å². The maximum absolute atomic E-state index is 13.9. The van der Waals surface area contributed by atoms with Gasteiger partial charge in [-0.05, 0) is 24.3 Å². The fourth-order valence-electron chi connectivity index (χ4n) is 2.50. The van der Waals surface area contributed by atoms with Crippen LogP contribution >= 0.6 is 0 Å². The highest BCUT2D eigenvalue weighted by Crippen LogP contribution is 2.36. The van der Waals surface area contributed by atoms with Crippen LogP contribution in [0.4, 0.5) is 8.78 Å². The Morgan fingerprint density at radius 1 is 1.21 bits per heavy atom. The molecule has 0 saturated heterocycles. The molecule has 0 amide bonds. The first-order valence-electron chi connectivity index (χ1n) is 7.08. The maximum Gasteiger partial charge on any atom is 0.328 e. The minimum absolute atomic E-state index is 0.146. The first kappa shape index (κ1) is 15.7. The number of nitrogens with zero attached hydrogens (tertiary/aromatic N) is 1. The van der Waals surface area contributed by atoms with Gasteiger partial charge in [-0.25, -0.2) is 13.6 Å². The average Bonchev–Trinajstić information content (AvgIpc) is 2.81. The van der Waals surface area contributed by atoms with Gasteiger partial charge < -0.3 is 14.4 Å². The van der Waals surface area contributed by atoms with Crippen LogP contribution < -0.4 is 4.74 Å². The van der Waals surface area contributed by atoms with Crippen molar-refractivity contribution >= 4 is 22.9 Å². The van der Waals surface area contributed by atoms with E-state index in [1.165, 1.54) is 12.1 Å². The zero-order chi connectivity index (χ0) is 17.3. The van der Waals surface area contributed by atoms with E-state index < -0.39 is 17.6 Å². The topological polar surface area (TPSA) is 51.5 Å². The quantitative estimate of drug-likeness (QED) is 0.724. The van der Waals surface area contributed by atoms with Gasteiger partial charge >= 0.3 is 5.97 Å². The first-order valence-corrected chi connectivity index (χ1v) is 7.08. The minimum Gasteiger partial charge on any atom is -0.478 e. The third-order valence-corrected chi connectivity index (χ3v) is 3.58. The molecule has 4 nitrogen and oxygen atoms in total. The van der Waals surface area contributed by atoms with Crippen molar-refractivity contribution in [3.05, 3.63) is 65.7 Å². The summed E-state index contributed by atoms with van der Waals surface area (Å²) in [6.07, 6.45) is 2.37. The number of hydrogen-bond acceptors (Lipinski definition) is 2. The Morgan fingerprint density at radius 2 is 1.96 bits per heavy atom. The Kier molecular flexibility index (Phi) is 4.04. The number of carbonyl (C=O) groups is 1. The number of benzene rings is 2. The molecule has 24 heavy (non-hydrogen) atoms. The molecule has 3 aromatic rings. The number of aromatic nitrogens is 1. The third-order valence-electron chi connectivity index (χ3n) is 3.58. The number of halogens is 2. The zero-order valence-electron chi connectivity index (χ0n) is 12.7. The Bertz CT molecular complexity index is 960. The second-order valence-corrected chi connectivity index (χ2v) is 5.14. The molecular formula is C18H13F2NO3. The van der Waals surface area contributed by atoms with E-state index in [9.17, 15) is 13.6 Å². The van der Waals surface area contributed by atoms with E-state index in [1.807, 2.05) is 24.3 Å². The fraction of sp³-hybridized carbons (Fsp3) is 0.0556. The maximum atomic E-state index is 13.9. The summed E-state index contributed by atoms with van der Waals surface area (Å²) in [4.78, 5) is 10.8. The van der Waals surface area contributed by atoms with Gasteiger partial charge in [0, 0.05) is 30.1 Å². The Labute approximate surface area is 136 Å². The second-order valence-electron chi connectivity index (χ2n) is 5.14. The van der Waals surface area contributed by atoms with E-state index in [4.69, 9.17) is 9.84 Å². The van der Waals surface area contributed by atoms with Crippen molar-refractivity contribution in [2.24, 2.45) is 7.05 Å². The van der Waals surface area contributed by atoms with Gasteiger partial charge in [0.2, 0.25) is 5.88 Å². The van der Waals surface area contributed by atoms with Crippen LogP contribution in [0.2, 0.25) is 0 Å². The highest BCUT2D eigenvalue weighted by molar-refractivity contribution is 5.96. The summed E-state index contributed by atoms with van der Waals surface area (Å²) in [5.74, 6) is -2.54. The van der Waals surface area contributed by atoms with E-state index >= 15 is 0 Å². The average molecular weight is 329 g/mol. The monoisotopic (exact) mass is 329 g/mol. The number of fused-ring (bicyclic) bond motifs is 1. The summed E-state index contributed by atoms with van der Waals surface area (Å²) in [5.41, 5.74) is 1.29. The van der Waals surface area contributed by atoms with Crippen molar-refractivity contribution in [3.8, 4) is 11.6 Å². The van der Waals surface area contributed by atoms with Crippen molar-refractivity contribution in [1.29, 1.82) is 0 Å². The van der Waals surface area contributed by atoms with Gasteiger partial charge in [-0.2, -0.15) is 0 Å². The van der Waals surface area contributed by atoms with Crippen LogP contribution in [0, 0.1) is 11.6 Å². The van der Waals surface area contributed by atoms with Gasteiger partial charge in [0.25, 0.3) is 0 Å². The number of carboxylic acids is 1. The summed E-state index contributed by atoms with van der Waals surface area (Å²) in [6.45, 7) is 0. The number of aryl methyl sites for hydroxylation is 1. The smallest absolute Gasteiger partial charge is 0.328 e. The number of hydrogen-bond donors (Lipinski definition) is 1. The summed E-state index contributed by atoms with van der Waals surface area (Å²) in [5, 5.41) is 9.63. The molecule has 0 aliphatic carbocycles. The molecule has 1 aromatic heterocycles. The molecule has 0 atom stereocenters. The molecule has 122 valence electrons. The number of para-hydroxylation sites is 1. The lowest BCUT2D eigenvalue weighted by molar-refractivity contribution is -0.131. The Morgan fingerprint density at radius 3 is 2.67 bits per heavy atom. The lowest BCUT2D eigenvalue weighted by Gasteiger charge is -2.09. The molecule has 2 aromatic carbocycles. The minimum atomic E-state index is -1.11. The van der Waals surface area contributed by atoms with Gasteiger partial charge in [0.15, 0.2) is 11.6 Å². The van der Waals surface area contributed by atoms with Gasteiger partial charge in [-0.1, -0.05) is 18.2 Å². The summed E-state index contributed by atoms with van der Waals surface area (Å²) < 4.78 is 34.2. The van der Waals surface area contributed by atoms with Crippen LogP contribution in [0.1, 0.15) is 5.56 Å². The number of carboxylic acid groups (broad SMARTS) is 1. The zero-order valence-corrected chi connectivity index (χ0v) is 12.7. The molecule has 0 unspecified atom stereocenters. The number of rotatable bonds is 4. The second kappa shape index (κ2) is 6.16. The molecule has 1 N–H and O–H groups in total. The fourth-order valence-corrected chi connectivity index (χ4v) is 2.50. The number of ether oxygens (including phenoxy) is 1. The summed E-state index contributed by atoms with van der Waals surface area (Å²) in [7, 11) is 1.72. The van der Waals surface area contributed by atoms with E-state index in [-0.39, 0.29) is 11.6 Å². The molecule has 0 spiro atoms.